The molecular formula is C14H23BrN4O. The lowest BCUT2D eigenvalue weighted by Gasteiger charge is -2.21. The molecule has 2 heterocycles. The standard InChI is InChI=1S/C14H23BrN4O/c1-4-11-14(15)12(18(3)16-11)9-17(2)10-13(20)19-7-5-6-8-19/h4-10H2,1-3H3. The van der Waals surface area contributed by atoms with Crippen molar-refractivity contribution in [1.82, 2.24) is 19.6 Å². The van der Waals surface area contributed by atoms with Gasteiger partial charge in [0.2, 0.25) is 5.91 Å². The second-order valence-corrected chi connectivity index (χ2v) is 6.24. The van der Waals surface area contributed by atoms with E-state index in [1.54, 1.807) is 0 Å². The van der Waals surface area contributed by atoms with Gasteiger partial charge in [-0.3, -0.25) is 14.4 Å². The predicted octanol–water partition coefficient (Wildman–Crippen LogP) is 1.80. The van der Waals surface area contributed by atoms with Gasteiger partial charge in [-0.1, -0.05) is 6.92 Å². The van der Waals surface area contributed by atoms with Crippen LogP contribution in [0.5, 0.6) is 0 Å². The van der Waals surface area contributed by atoms with Crippen molar-refractivity contribution in [2.24, 2.45) is 7.05 Å². The molecule has 0 radical (unpaired) electrons. The van der Waals surface area contributed by atoms with Crippen molar-refractivity contribution < 1.29 is 4.79 Å². The Labute approximate surface area is 129 Å². The Kier molecular flexibility index (Phi) is 5.21. The number of likely N-dealkylation sites (tertiary alicyclic amines) is 1. The maximum Gasteiger partial charge on any atom is 0.236 e. The first-order valence-corrected chi connectivity index (χ1v) is 7.98. The third kappa shape index (κ3) is 3.41. The number of carbonyl (C=O) groups is 1. The number of rotatable bonds is 5. The van der Waals surface area contributed by atoms with Crippen molar-refractivity contribution in [1.29, 1.82) is 0 Å². The van der Waals surface area contributed by atoms with Crippen molar-refractivity contribution in [2.45, 2.75) is 32.7 Å². The number of hydrogen-bond donors (Lipinski definition) is 0. The van der Waals surface area contributed by atoms with Gasteiger partial charge in [-0.25, -0.2) is 0 Å². The van der Waals surface area contributed by atoms with Gasteiger partial charge in [0, 0.05) is 26.7 Å². The van der Waals surface area contributed by atoms with Crippen molar-refractivity contribution in [3.63, 3.8) is 0 Å². The summed E-state index contributed by atoms with van der Waals surface area (Å²) in [6.07, 6.45) is 3.19. The van der Waals surface area contributed by atoms with Crippen LogP contribution < -0.4 is 0 Å². The van der Waals surface area contributed by atoms with E-state index in [1.807, 2.05) is 23.7 Å². The second kappa shape index (κ2) is 6.72. The molecule has 0 unspecified atom stereocenters. The van der Waals surface area contributed by atoms with E-state index in [1.165, 1.54) is 0 Å². The fourth-order valence-corrected chi connectivity index (χ4v) is 3.34. The minimum absolute atomic E-state index is 0.235. The Bertz CT molecular complexity index is 480. The van der Waals surface area contributed by atoms with E-state index in [0.29, 0.717) is 6.54 Å². The average molecular weight is 343 g/mol. The zero-order valence-corrected chi connectivity index (χ0v) is 14.1. The zero-order chi connectivity index (χ0) is 14.7. The van der Waals surface area contributed by atoms with E-state index in [4.69, 9.17) is 0 Å². The minimum atomic E-state index is 0.235. The minimum Gasteiger partial charge on any atom is -0.342 e. The van der Waals surface area contributed by atoms with Crippen LogP contribution in [0, 0.1) is 0 Å². The van der Waals surface area contributed by atoms with E-state index >= 15 is 0 Å². The smallest absolute Gasteiger partial charge is 0.236 e. The number of aromatic nitrogens is 2. The number of amides is 1. The summed E-state index contributed by atoms with van der Waals surface area (Å²) in [7, 11) is 3.94. The van der Waals surface area contributed by atoms with Gasteiger partial charge in [0.15, 0.2) is 0 Å². The first-order valence-electron chi connectivity index (χ1n) is 7.19. The van der Waals surface area contributed by atoms with E-state index < -0.39 is 0 Å². The highest BCUT2D eigenvalue weighted by molar-refractivity contribution is 9.10. The van der Waals surface area contributed by atoms with Crippen molar-refractivity contribution in [3.05, 3.63) is 15.9 Å². The van der Waals surface area contributed by atoms with Crippen LogP contribution >= 0.6 is 15.9 Å². The number of hydrogen-bond acceptors (Lipinski definition) is 3. The Hall–Kier alpha value is -0.880. The Morgan fingerprint density at radius 2 is 2.05 bits per heavy atom. The fraction of sp³-hybridized carbons (Fsp3) is 0.714. The van der Waals surface area contributed by atoms with Crippen LogP contribution in [0.1, 0.15) is 31.2 Å². The molecule has 0 saturated carbocycles. The van der Waals surface area contributed by atoms with Gasteiger partial charge in [-0.15, -0.1) is 0 Å². The summed E-state index contributed by atoms with van der Waals surface area (Å²) in [4.78, 5) is 16.1. The monoisotopic (exact) mass is 342 g/mol. The van der Waals surface area contributed by atoms with Gasteiger partial charge < -0.3 is 4.90 Å². The number of likely N-dealkylation sites (N-methyl/N-ethyl adjacent to an activating group) is 1. The Balaban J connectivity index is 1.95. The van der Waals surface area contributed by atoms with Gasteiger partial charge >= 0.3 is 0 Å². The molecule has 0 aliphatic carbocycles. The highest BCUT2D eigenvalue weighted by atomic mass is 79.9. The Morgan fingerprint density at radius 1 is 1.40 bits per heavy atom. The molecule has 5 nitrogen and oxygen atoms in total. The van der Waals surface area contributed by atoms with Gasteiger partial charge in [0.25, 0.3) is 0 Å². The van der Waals surface area contributed by atoms with Crippen molar-refractivity contribution >= 4 is 21.8 Å². The number of aryl methyl sites for hydroxylation is 2. The summed E-state index contributed by atoms with van der Waals surface area (Å²) >= 11 is 3.62. The quantitative estimate of drug-likeness (QED) is 0.819. The van der Waals surface area contributed by atoms with Crippen LogP contribution in [0.15, 0.2) is 4.47 Å². The van der Waals surface area contributed by atoms with Gasteiger partial charge in [0.05, 0.1) is 22.4 Å². The maximum absolute atomic E-state index is 12.1. The summed E-state index contributed by atoms with van der Waals surface area (Å²) in [5.41, 5.74) is 2.19. The summed E-state index contributed by atoms with van der Waals surface area (Å²) < 4.78 is 2.97. The van der Waals surface area contributed by atoms with Crippen LogP contribution in [-0.4, -0.2) is 52.2 Å². The van der Waals surface area contributed by atoms with Crippen molar-refractivity contribution in [2.75, 3.05) is 26.7 Å². The third-order valence-electron chi connectivity index (χ3n) is 3.79. The molecule has 0 N–H and O–H groups in total. The molecule has 1 aliphatic rings. The zero-order valence-electron chi connectivity index (χ0n) is 12.5. The Morgan fingerprint density at radius 3 is 2.60 bits per heavy atom. The largest absolute Gasteiger partial charge is 0.342 e. The van der Waals surface area contributed by atoms with Crippen molar-refractivity contribution in [3.8, 4) is 0 Å². The van der Waals surface area contributed by atoms with Crippen LogP contribution in [0.4, 0.5) is 0 Å². The molecule has 1 aliphatic heterocycles. The summed E-state index contributed by atoms with van der Waals surface area (Å²) in [6.45, 7) is 5.13. The van der Waals surface area contributed by atoms with Crippen LogP contribution in [0.2, 0.25) is 0 Å². The molecule has 112 valence electrons. The molecule has 1 fully saturated rings. The second-order valence-electron chi connectivity index (χ2n) is 5.44. The van der Waals surface area contributed by atoms with Crippen LogP contribution in [-0.2, 0) is 24.8 Å². The van der Waals surface area contributed by atoms with E-state index in [2.05, 4.69) is 32.9 Å². The van der Waals surface area contributed by atoms with Crippen LogP contribution in [0.3, 0.4) is 0 Å². The average Bonchev–Trinajstić information content (AvgIpc) is 3.02. The highest BCUT2D eigenvalue weighted by Crippen LogP contribution is 2.22. The lowest BCUT2D eigenvalue weighted by Crippen LogP contribution is -2.37. The fourth-order valence-electron chi connectivity index (χ4n) is 2.60. The maximum atomic E-state index is 12.1. The van der Waals surface area contributed by atoms with Gasteiger partial charge in [0.1, 0.15) is 0 Å². The molecule has 1 aromatic heterocycles. The number of halogens is 1. The molecule has 20 heavy (non-hydrogen) atoms. The highest BCUT2D eigenvalue weighted by Gasteiger charge is 2.20. The third-order valence-corrected chi connectivity index (χ3v) is 4.70. The lowest BCUT2D eigenvalue weighted by atomic mass is 10.3. The van der Waals surface area contributed by atoms with Crippen LogP contribution in [0.25, 0.3) is 0 Å². The molecule has 0 atom stereocenters. The summed E-state index contributed by atoms with van der Waals surface area (Å²) in [5, 5.41) is 4.49. The number of nitrogens with zero attached hydrogens (tertiary/aromatic N) is 4. The molecular weight excluding hydrogens is 320 g/mol. The molecule has 6 heteroatoms. The van der Waals surface area contributed by atoms with E-state index in [0.717, 1.165) is 54.8 Å². The van der Waals surface area contributed by atoms with Gasteiger partial charge in [-0.2, -0.15) is 5.10 Å². The normalized spacial score (nSPS) is 15.3. The summed E-state index contributed by atoms with van der Waals surface area (Å²) in [5.74, 6) is 0.235. The summed E-state index contributed by atoms with van der Waals surface area (Å²) in [6, 6.07) is 0. The first kappa shape index (κ1) is 15.5. The SMILES string of the molecule is CCc1nn(C)c(CN(C)CC(=O)N2CCCC2)c1Br. The molecule has 0 aromatic carbocycles. The predicted molar refractivity (Wildman–Crippen MR) is 82.4 cm³/mol. The molecule has 2 rings (SSSR count). The lowest BCUT2D eigenvalue weighted by molar-refractivity contribution is -0.131. The topological polar surface area (TPSA) is 41.4 Å². The molecule has 1 aromatic rings. The molecule has 1 amide bonds. The molecule has 0 bridgehead atoms. The number of carbonyl (C=O) groups excluding carboxylic acids is 1. The molecule has 1 saturated heterocycles. The van der Waals surface area contributed by atoms with E-state index in [9.17, 15) is 4.79 Å². The van der Waals surface area contributed by atoms with E-state index in [-0.39, 0.29) is 5.91 Å². The first-order chi connectivity index (χ1) is 9.52. The van der Waals surface area contributed by atoms with Gasteiger partial charge in [-0.05, 0) is 42.2 Å². The molecule has 0 spiro atoms.